The number of benzene rings is 3. The molecule has 0 unspecified atom stereocenters. The molecule has 4 heterocycles. The Bertz CT molecular complexity index is 2000. The first-order valence-electron chi connectivity index (χ1n) is 15.7. The molecule has 0 radical (unpaired) electrons. The Hall–Kier alpha value is -3.95. The monoisotopic (exact) mass is 742 g/mol. The molecule has 7 rings (SSSR count). The van der Waals surface area contributed by atoms with Crippen LogP contribution in [0.3, 0.4) is 0 Å². The van der Waals surface area contributed by atoms with Crippen LogP contribution in [-0.4, -0.2) is 73.9 Å². The van der Waals surface area contributed by atoms with Crippen molar-refractivity contribution in [3.05, 3.63) is 111 Å². The lowest BCUT2D eigenvalue weighted by Gasteiger charge is -2.48. The van der Waals surface area contributed by atoms with Gasteiger partial charge in [0.05, 0.1) is 35.1 Å². The van der Waals surface area contributed by atoms with E-state index in [9.17, 15) is 9.18 Å². The maximum absolute atomic E-state index is 14.5. The fourth-order valence-corrected chi connectivity index (χ4v) is 6.58. The number of aromatic nitrogens is 6. The van der Waals surface area contributed by atoms with Gasteiger partial charge in [-0.1, -0.05) is 76.4 Å². The Morgan fingerprint density at radius 2 is 1.84 bits per heavy atom. The van der Waals surface area contributed by atoms with Crippen LogP contribution in [0.4, 0.5) is 4.39 Å². The largest absolute Gasteiger partial charge is 0.464 e. The summed E-state index contributed by atoms with van der Waals surface area (Å²) in [5.74, 6) is -0.466. The zero-order valence-electron chi connectivity index (χ0n) is 26.7. The molecule has 0 N–H and O–H groups in total. The van der Waals surface area contributed by atoms with Gasteiger partial charge >= 0.3 is 5.97 Å². The highest BCUT2D eigenvalue weighted by Gasteiger charge is 2.54. The van der Waals surface area contributed by atoms with Crippen LogP contribution in [0, 0.1) is 12.7 Å². The second-order valence-electron chi connectivity index (χ2n) is 11.6. The molecule has 0 aliphatic carbocycles. The van der Waals surface area contributed by atoms with Gasteiger partial charge in [-0.05, 0) is 44.2 Å². The van der Waals surface area contributed by atoms with Crippen molar-refractivity contribution < 1.29 is 32.9 Å². The Kier molecular flexibility index (Phi) is 10.2. The van der Waals surface area contributed by atoms with E-state index in [4.69, 9.17) is 63.5 Å². The average molecular weight is 744 g/mol. The van der Waals surface area contributed by atoms with Crippen molar-refractivity contribution in [2.75, 3.05) is 19.8 Å². The normalized spacial score (nSPS) is 23.4. The molecule has 5 aromatic rings. The van der Waals surface area contributed by atoms with E-state index in [1.54, 1.807) is 49.0 Å². The Labute approximate surface area is 300 Å². The molecule has 50 heavy (non-hydrogen) atoms. The van der Waals surface area contributed by atoms with Crippen molar-refractivity contribution >= 4 is 40.8 Å². The number of rotatable bonds is 9. The van der Waals surface area contributed by atoms with E-state index in [-0.39, 0.29) is 18.2 Å². The number of aryl methyl sites for hydroxylation is 1. The summed E-state index contributed by atoms with van der Waals surface area (Å²) in [6.45, 7) is 3.28. The van der Waals surface area contributed by atoms with Crippen LogP contribution in [0.2, 0.25) is 15.1 Å². The minimum Gasteiger partial charge on any atom is -0.464 e. The van der Waals surface area contributed by atoms with E-state index in [0.29, 0.717) is 38.6 Å². The van der Waals surface area contributed by atoms with Crippen molar-refractivity contribution in [1.29, 1.82) is 0 Å². The first kappa shape index (κ1) is 34.5. The van der Waals surface area contributed by atoms with E-state index < -0.39 is 55.1 Å². The standard InChI is InChI=1S/C34H30Cl3FN6O6/c1-3-46-28(45)17-47-31-29(43-15-25(40-42-43)20-9-11-22(36)24(38)13-20)30-27(16-48-34(50-30)19-7-5-4-6-8-19)49-32(31)33-39-18(2)41-44(33)26-14-21(35)10-12-23(26)37/h4-15,27,29-32,34H,3,16-17H2,1-2H3/t27-,29+,30+,31-,32-,34+/m1/s1. The number of fused-ring (bicyclic) bond motifs is 1. The lowest BCUT2D eigenvalue weighted by Crippen LogP contribution is -2.58. The molecule has 2 saturated heterocycles. The van der Waals surface area contributed by atoms with Gasteiger partial charge in [0.1, 0.15) is 54.4 Å². The zero-order chi connectivity index (χ0) is 34.9. The third kappa shape index (κ3) is 6.99. The SMILES string of the molecule is CCOC(=O)CO[C@@H]1[C@@H](n2cc(-c3ccc(Cl)c(F)c3)nn2)[C@H]2O[C@@H](c3ccccc3)OC[C@H]2O[C@H]1c1nc(C)nn1-c1cc(Cl)ccc1Cl. The lowest BCUT2D eigenvalue weighted by atomic mass is 9.90. The second-order valence-corrected chi connectivity index (χ2v) is 12.8. The minimum atomic E-state index is -1.01. The van der Waals surface area contributed by atoms with Crippen molar-refractivity contribution in [3.63, 3.8) is 0 Å². The molecule has 6 atom stereocenters. The Morgan fingerprint density at radius 3 is 2.62 bits per heavy atom. The minimum absolute atomic E-state index is 0.0227. The molecule has 2 aliphatic heterocycles. The lowest BCUT2D eigenvalue weighted by molar-refractivity contribution is -0.322. The molecule has 0 saturated carbocycles. The van der Waals surface area contributed by atoms with E-state index in [1.165, 1.54) is 16.8 Å². The molecule has 0 amide bonds. The number of ether oxygens (including phenoxy) is 5. The molecular weight excluding hydrogens is 714 g/mol. The quantitative estimate of drug-likeness (QED) is 0.151. The second kappa shape index (κ2) is 14.7. The van der Waals surface area contributed by atoms with Crippen molar-refractivity contribution in [2.24, 2.45) is 0 Å². The van der Waals surface area contributed by atoms with E-state index >= 15 is 0 Å². The highest BCUT2D eigenvalue weighted by atomic mass is 35.5. The Morgan fingerprint density at radius 1 is 1.04 bits per heavy atom. The van der Waals surface area contributed by atoms with Gasteiger partial charge in [-0.3, -0.25) is 0 Å². The van der Waals surface area contributed by atoms with Crippen molar-refractivity contribution in [1.82, 2.24) is 29.8 Å². The molecular formula is C34H30Cl3FN6O6. The van der Waals surface area contributed by atoms with Crippen LogP contribution in [0.1, 0.15) is 42.6 Å². The van der Waals surface area contributed by atoms with Crippen LogP contribution in [0.5, 0.6) is 0 Å². The average Bonchev–Trinajstić information content (AvgIpc) is 3.76. The van der Waals surface area contributed by atoms with Gasteiger partial charge in [-0.25, -0.2) is 23.5 Å². The third-order valence-electron chi connectivity index (χ3n) is 8.28. The van der Waals surface area contributed by atoms with Gasteiger partial charge in [0, 0.05) is 16.1 Å². The van der Waals surface area contributed by atoms with Crippen LogP contribution in [0.15, 0.2) is 72.9 Å². The molecule has 3 aromatic carbocycles. The number of hydrogen-bond acceptors (Lipinski definition) is 10. The third-order valence-corrected chi connectivity index (χ3v) is 9.14. The predicted molar refractivity (Wildman–Crippen MR) is 180 cm³/mol. The highest BCUT2D eigenvalue weighted by Crippen LogP contribution is 2.45. The van der Waals surface area contributed by atoms with Crippen molar-refractivity contribution in [2.45, 2.75) is 50.6 Å². The topological polar surface area (TPSA) is 125 Å². The maximum atomic E-state index is 14.5. The fourth-order valence-electron chi connectivity index (χ4n) is 6.09. The van der Waals surface area contributed by atoms with Gasteiger partial charge < -0.3 is 23.7 Å². The van der Waals surface area contributed by atoms with Gasteiger partial charge in [0.15, 0.2) is 12.1 Å². The van der Waals surface area contributed by atoms with Crippen LogP contribution in [0.25, 0.3) is 16.9 Å². The number of carbonyl (C=O) groups is 1. The van der Waals surface area contributed by atoms with Crippen LogP contribution >= 0.6 is 34.8 Å². The summed E-state index contributed by atoms with van der Waals surface area (Å²) in [4.78, 5) is 17.5. The summed E-state index contributed by atoms with van der Waals surface area (Å²) < 4.78 is 48.7. The summed E-state index contributed by atoms with van der Waals surface area (Å²) in [6, 6.07) is 18.0. The van der Waals surface area contributed by atoms with Gasteiger partial charge in [-0.2, -0.15) is 5.10 Å². The summed E-state index contributed by atoms with van der Waals surface area (Å²) >= 11 is 19.0. The molecule has 2 aliphatic rings. The molecule has 0 bridgehead atoms. The summed E-state index contributed by atoms with van der Waals surface area (Å²) in [5, 5.41) is 14.2. The smallest absolute Gasteiger partial charge is 0.332 e. The molecule has 260 valence electrons. The molecule has 12 nitrogen and oxygen atoms in total. The number of hydrogen-bond donors (Lipinski definition) is 0. The van der Waals surface area contributed by atoms with Crippen LogP contribution in [-0.2, 0) is 28.5 Å². The highest BCUT2D eigenvalue weighted by molar-refractivity contribution is 6.34. The summed E-state index contributed by atoms with van der Waals surface area (Å²) in [6.07, 6.45) is -2.54. The number of halogens is 4. The predicted octanol–water partition coefficient (Wildman–Crippen LogP) is 6.68. The molecule has 2 aromatic heterocycles. The summed E-state index contributed by atoms with van der Waals surface area (Å²) in [7, 11) is 0. The molecule has 2 fully saturated rings. The first-order valence-corrected chi connectivity index (χ1v) is 16.8. The van der Waals surface area contributed by atoms with E-state index in [1.807, 2.05) is 30.3 Å². The van der Waals surface area contributed by atoms with Gasteiger partial charge in [0.25, 0.3) is 0 Å². The number of carbonyl (C=O) groups excluding carboxylic acids is 1. The number of esters is 1. The van der Waals surface area contributed by atoms with Crippen molar-refractivity contribution in [3.8, 4) is 16.9 Å². The van der Waals surface area contributed by atoms with E-state index in [2.05, 4.69) is 15.4 Å². The van der Waals surface area contributed by atoms with Crippen LogP contribution < -0.4 is 0 Å². The maximum Gasteiger partial charge on any atom is 0.332 e. The van der Waals surface area contributed by atoms with Gasteiger partial charge in [0.2, 0.25) is 0 Å². The molecule has 0 spiro atoms. The summed E-state index contributed by atoms with van der Waals surface area (Å²) in [5.41, 5.74) is 2.05. The van der Waals surface area contributed by atoms with E-state index in [0.717, 1.165) is 5.56 Å². The number of nitrogens with zero attached hydrogens (tertiary/aromatic N) is 6. The zero-order valence-corrected chi connectivity index (χ0v) is 28.9. The van der Waals surface area contributed by atoms with Gasteiger partial charge in [-0.15, -0.1) is 5.10 Å². The fraction of sp³-hybridized carbons (Fsp3) is 0.324. The molecule has 16 heteroatoms. The Balaban J connectivity index is 1.35. The first-order chi connectivity index (χ1) is 24.2.